The number of nitrogens with zero attached hydrogens (tertiary/aromatic N) is 4. The third-order valence-electron chi connectivity index (χ3n) is 3.61. The van der Waals surface area contributed by atoms with Gasteiger partial charge in [-0.1, -0.05) is 6.07 Å². The van der Waals surface area contributed by atoms with Gasteiger partial charge in [0.05, 0.1) is 29.3 Å². The van der Waals surface area contributed by atoms with Crippen LogP contribution in [-0.4, -0.2) is 24.4 Å². The van der Waals surface area contributed by atoms with Gasteiger partial charge in [0.1, 0.15) is 18.1 Å². The SMILES string of the molecule is Cc1nsnc1COc1cccc(C(=O)Nc2cnn(C(C)C)c2)c1. The highest BCUT2D eigenvalue weighted by Crippen LogP contribution is 2.18. The number of amides is 1. The molecular formula is C17H19N5O2S. The van der Waals surface area contributed by atoms with Crippen LogP contribution in [0.1, 0.15) is 41.6 Å². The van der Waals surface area contributed by atoms with Gasteiger partial charge in [-0.05, 0) is 39.0 Å². The van der Waals surface area contributed by atoms with Gasteiger partial charge < -0.3 is 10.1 Å². The lowest BCUT2D eigenvalue weighted by Gasteiger charge is -2.07. The molecule has 3 aromatic rings. The summed E-state index contributed by atoms with van der Waals surface area (Å²) in [5.74, 6) is 0.401. The van der Waals surface area contributed by atoms with E-state index >= 15 is 0 Å². The van der Waals surface area contributed by atoms with E-state index in [4.69, 9.17) is 4.74 Å². The summed E-state index contributed by atoms with van der Waals surface area (Å²) >= 11 is 1.16. The molecule has 2 heterocycles. The van der Waals surface area contributed by atoms with E-state index in [0.29, 0.717) is 23.6 Å². The predicted molar refractivity (Wildman–Crippen MR) is 96.0 cm³/mol. The largest absolute Gasteiger partial charge is 0.487 e. The summed E-state index contributed by atoms with van der Waals surface area (Å²) in [7, 11) is 0. The number of carbonyl (C=O) groups excluding carboxylic acids is 1. The summed E-state index contributed by atoms with van der Waals surface area (Å²) in [5.41, 5.74) is 2.85. The number of hydrogen-bond acceptors (Lipinski definition) is 6. The molecule has 0 spiro atoms. The number of aromatic nitrogens is 4. The molecule has 0 saturated heterocycles. The predicted octanol–water partition coefficient (Wildman–Crippen LogP) is 3.46. The number of aryl methyl sites for hydroxylation is 1. The van der Waals surface area contributed by atoms with Crippen LogP contribution < -0.4 is 10.1 Å². The lowest BCUT2D eigenvalue weighted by molar-refractivity contribution is 0.102. The van der Waals surface area contributed by atoms with Crippen molar-refractivity contribution in [2.45, 2.75) is 33.4 Å². The second-order valence-corrected chi connectivity index (χ2v) is 6.40. The minimum absolute atomic E-state index is 0.208. The highest BCUT2D eigenvalue weighted by molar-refractivity contribution is 6.99. The number of rotatable bonds is 6. The van der Waals surface area contributed by atoms with Crippen molar-refractivity contribution in [3.8, 4) is 5.75 Å². The Morgan fingerprint density at radius 1 is 1.36 bits per heavy atom. The van der Waals surface area contributed by atoms with E-state index in [9.17, 15) is 4.79 Å². The molecule has 0 fully saturated rings. The maximum absolute atomic E-state index is 12.4. The monoisotopic (exact) mass is 357 g/mol. The quantitative estimate of drug-likeness (QED) is 0.730. The number of ether oxygens (including phenoxy) is 1. The van der Waals surface area contributed by atoms with Crippen molar-refractivity contribution in [1.82, 2.24) is 18.5 Å². The zero-order valence-corrected chi connectivity index (χ0v) is 15.1. The summed E-state index contributed by atoms with van der Waals surface area (Å²) in [5, 5.41) is 7.05. The Labute approximate surface area is 150 Å². The van der Waals surface area contributed by atoms with E-state index in [1.54, 1.807) is 35.3 Å². The lowest BCUT2D eigenvalue weighted by Crippen LogP contribution is -2.11. The summed E-state index contributed by atoms with van der Waals surface area (Å²) in [6, 6.07) is 7.28. The molecule has 0 unspecified atom stereocenters. The average molecular weight is 357 g/mol. The molecule has 0 aliphatic heterocycles. The van der Waals surface area contributed by atoms with Crippen LogP contribution in [0.5, 0.6) is 5.75 Å². The van der Waals surface area contributed by atoms with Gasteiger partial charge in [-0.15, -0.1) is 0 Å². The van der Waals surface area contributed by atoms with Crippen LogP contribution in [0.15, 0.2) is 36.7 Å². The molecule has 1 N–H and O–H groups in total. The first-order valence-corrected chi connectivity index (χ1v) is 8.62. The zero-order valence-electron chi connectivity index (χ0n) is 14.3. The Morgan fingerprint density at radius 2 is 2.20 bits per heavy atom. The second kappa shape index (κ2) is 7.43. The van der Waals surface area contributed by atoms with E-state index in [0.717, 1.165) is 23.1 Å². The Kier molecular flexibility index (Phi) is 5.08. The fourth-order valence-corrected chi connectivity index (χ4v) is 2.70. The highest BCUT2D eigenvalue weighted by Gasteiger charge is 2.10. The van der Waals surface area contributed by atoms with Crippen LogP contribution in [0.4, 0.5) is 5.69 Å². The van der Waals surface area contributed by atoms with Crippen molar-refractivity contribution in [1.29, 1.82) is 0 Å². The number of benzene rings is 1. The molecule has 0 aliphatic carbocycles. The summed E-state index contributed by atoms with van der Waals surface area (Å²) in [6.07, 6.45) is 3.44. The molecule has 130 valence electrons. The number of nitrogens with one attached hydrogen (secondary N) is 1. The normalized spacial score (nSPS) is 10.9. The van der Waals surface area contributed by atoms with Crippen molar-refractivity contribution in [2.24, 2.45) is 0 Å². The van der Waals surface area contributed by atoms with Crippen molar-refractivity contribution >= 4 is 23.3 Å². The standard InChI is InChI=1S/C17H19N5O2S/c1-11(2)22-9-14(8-18-22)19-17(23)13-5-4-6-15(7-13)24-10-16-12(3)20-25-21-16/h4-9,11H,10H2,1-3H3,(H,19,23). The number of hydrogen-bond donors (Lipinski definition) is 1. The highest BCUT2D eigenvalue weighted by atomic mass is 32.1. The van der Waals surface area contributed by atoms with Crippen molar-refractivity contribution in [3.05, 3.63) is 53.6 Å². The Hall–Kier alpha value is -2.74. The van der Waals surface area contributed by atoms with Gasteiger partial charge >= 0.3 is 0 Å². The fourth-order valence-electron chi connectivity index (χ4n) is 2.15. The Bertz CT molecular complexity index is 871. The maximum Gasteiger partial charge on any atom is 0.255 e. The molecule has 0 bridgehead atoms. The van der Waals surface area contributed by atoms with Gasteiger partial charge in [0.2, 0.25) is 0 Å². The fraction of sp³-hybridized carbons (Fsp3) is 0.294. The molecule has 1 aromatic carbocycles. The van der Waals surface area contributed by atoms with Gasteiger partial charge in [0, 0.05) is 17.8 Å². The van der Waals surface area contributed by atoms with E-state index in [2.05, 4.69) is 19.2 Å². The Morgan fingerprint density at radius 3 is 2.88 bits per heavy atom. The molecule has 2 aromatic heterocycles. The molecule has 0 radical (unpaired) electrons. The molecule has 25 heavy (non-hydrogen) atoms. The zero-order chi connectivity index (χ0) is 17.8. The first-order valence-electron chi connectivity index (χ1n) is 7.89. The average Bonchev–Trinajstić information content (AvgIpc) is 3.22. The lowest BCUT2D eigenvalue weighted by atomic mass is 10.2. The van der Waals surface area contributed by atoms with Gasteiger partial charge in [-0.3, -0.25) is 9.48 Å². The van der Waals surface area contributed by atoms with Crippen LogP contribution >= 0.6 is 11.7 Å². The maximum atomic E-state index is 12.4. The first-order chi connectivity index (χ1) is 12.0. The third-order valence-corrected chi connectivity index (χ3v) is 4.26. The number of carbonyl (C=O) groups is 1. The molecular weight excluding hydrogens is 338 g/mol. The molecule has 0 saturated carbocycles. The van der Waals surface area contributed by atoms with Crippen molar-refractivity contribution < 1.29 is 9.53 Å². The second-order valence-electron chi connectivity index (χ2n) is 5.87. The van der Waals surface area contributed by atoms with E-state index in [1.807, 2.05) is 26.8 Å². The summed E-state index contributed by atoms with van der Waals surface area (Å²) in [4.78, 5) is 12.4. The van der Waals surface area contributed by atoms with Crippen molar-refractivity contribution in [2.75, 3.05) is 5.32 Å². The third kappa shape index (κ3) is 4.21. The van der Waals surface area contributed by atoms with Gasteiger partial charge in [0.25, 0.3) is 5.91 Å². The minimum atomic E-state index is -0.208. The van der Waals surface area contributed by atoms with Gasteiger partial charge in [0.15, 0.2) is 0 Å². The van der Waals surface area contributed by atoms with Crippen LogP contribution in [0.2, 0.25) is 0 Å². The molecule has 7 nitrogen and oxygen atoms in total. The minimum Gasteiger partial charge on any atom is -0.487 e. The molecule has 1 amide bonds. The number of anilines is 1. The van der Waals surface area contributed by atoms with Crippen LogP contribution in [0, 0.1) is 6.92 Å². The smallest absolute Gasteiger partial charge is 0.255 e. The van der Waals surface area contributed by atoms with E-state index in [1.165, 1.54) is 0 Å². The van der Waals surface area contributed by atoms with Gasteiger partial charge in [-0.2, -0.15) is 13.8 Å². The van der Waals surface area contributed by atoms with Crippen molar-refractivity contribution in [3.63, 3.8) is 0 Å². The van der Waals surface area contributed by atoms with Crippen LogP contribution in [-0.2, 0) is 6.61 Å². The Balaban J connectivity index is 1.65. The topological polar surface area (TPSA) is 81.9 Å². The van der Waals surface area contributed by atoms with E-state index in [-0.39, 0.29) is 11.9 Å². The van der Waals surface area contributed by atoms with E-state index < -0.39 is 0 Å². The van der Waals surface area contributed by atoms with Gasteiger partial charge in [-0.25, -0.2) is 0 Å². The van der Waals surface area contributed by atoms with Crippen LogP contribution in [0.3, 0.4) is 0 Å². The first kappa shape index (κ1) is 17.1. The molecule has 3 rings (SSSR count). The summed E-state index contributed by atoms with van der Waals surface area (Å²) < 4.78 is 15.8. The van der Waals surface area contributed by atoms with Crippen LogP contribution in [0.25, 0.3) is 0 Å². The molecule has 0 aliphatic rings. The molecule has 8 heteroatoms. The summed E-state index contributed by atoms with van der Waals surface area (Å²) in [6.45, 7) is 6.27. The molecule has 0 atom stereocenters.